The normalized spacial score (nSPS) is 13.6. The van der Waals surface area contributed by atoms with Gasteiger partial charge in [-0.1, -0.05) is 23.1 Å². The minimum atomic E-state index is 0.600. The average molecular weight is 407 g/mol. The molecule has 9 heteroatoms. The van der Waals surface area contributed by atoms with E-state index < -0.39 is 0 Å². The predicted octanol–water partition coefficient (Wildman–Crippen LogP) is 4.55. The highest BCUT2D eigenvalue weighted by Gasteiger charge is 2.22. The molecule has 0 amide bonds. The maximum atomic E-state index is 5.37. The summed E-state index contributed by atoms with van der Waals surface area (Å²) in [7, 11) is 3.27. The van der Waals surface area contributed by atoms with Crippen molar-refractivity contribution >= 4 is 39.6 Å². The molecule has 136 valence electrons. The van der Waals surface area contributed by atoms with Gasteiger partial charge >= 0.3 is 0 Å². The van der Waals surface area contributed by atoms with Crippen LogP contribution in [0.15, 0.2) is 27.9 Å². The summed E-state index contributed by atoms with van der Waals surface area (Å²) in [6, 6.07) is 6.45. The Labute approximate surface area is 164 Å². The van der Waals surface area contributed by atoms with Gasteiger partial charge in [0.05, 0.1) is 19.9 Å². The molecular weight excluding hydrogens is 388 g/mol. The second kappa shape index (κ2) is 7.81. The Hall–Kier alpha value is -1.84. The van der Waals surface area contributed by atoms with Gasteiger partial charge in [0.15, 0.2) is 15.8 Å². The maximum Gasteiger partial charge on any atom is 0.206 e. The van der Waals surface area contributed by atoms with Crippen molar-refractivity contribution in [3.05, 3.63) is 29.3 Å². The Kier molecular flexibility index (Phi) is 5.28. The van der Waals surface area contributed by atoms with Crippen LogP contribution >= 0.6 is 34.4 Å². The summed E-state index contributed by atoms with van der Waals surface area (Å²) in [5.41, 5.74) is 2.06. The molecule has 1 N–H and O–H groups in total. The zero-order chi connectivity index (χ0) is 17.9. The van der Waals surface area contributed by atoms with Crippen molar-refractivity contribution in [3.8, 4) is 22.1 Å². The highest BCUT2D eigenvalue weighted by molar-refractivity contribution is 8.00. The van der Waals surface area contributed by atoms with Crippen LogP contribution in [0.2, 0.25) is 0 Å². The number of hydrogen-bond acceptors (Lipinski definition) is 9. The number of nitrogens with one attached hydrogen (secondary N) is 1. The van der Waals surface area contributed by atoms with Crippen LogP contribution in [0, 0.1) is 0 Å². The summed E-state index contributed by atoms with van der Waals surface area (Å²) in [6.45, 7) is 0. The van der Waals surface area contributed by atoms with Crippen molar-refractivity contribution in [3.63, 3.8) is 0 Å². The van der Waals surface area contributed by atoms with E-state index in [9.17, 15) is 0 Å². The molecule has 6 nitrogen and oxygen atoms in total. The molecule has 1 aliphatic rings. The number of rotatable bonds is 8. The van der Waals surface area contributed by atoms with Gasteiger partial charge in [0.25, 0.3) is 0 Å². The quantitative estimate of drug-likeness (QED) is 0.551. The lowest BCUT2D eigenvalue weighted by Gasteiger charge is -2.08. The summed E-state index contributed by atoms with van der Waals surface area (Å²) in [5.74, 6) is 2.21. The molecule has 0 atom stereocenters. The molecule has 26 heavy (non-hydrogen) atoms. The van der Waals surface area contributed by atoms with Crippen molar-refractivity contribution in [1.29, 1.82) is 0 Å². The summed E-state index contributed by atoms with van der Waals surface area (Å²) in [6.07, 6.45) is 2.47. The fourth-order valence-corrected chi connectivity index (χ4v) is 4.98. The van der Waals surface area contributed by atoms with Gasteiger partial charge in [-0.3, -0.25) is 0 Å². The van der Waals surface area contributed by atoms with Gasteiger partial charge in [-0.15, -0.1) is 21.5 Å². The van der Waals surface area contributed by atoms with Crippen LogP contribution < -0.4 is 14.8 Å². The predicted molar refractivity (Wildman–Crippen MR) is 107 cm³/mol. The molecule has 3 aromatic rings. The molecule has 0 bridgehead atoms. The number of benzene rings is 1. The van der Waals surface area contributed by atoms with E-state index in [0.717, 1.165) is 37.2 Å². The first-order valence-electron chi connectivity index (χ1n) is 8.15. The van der Waals surface area contributed by atoms with Gasteiger partial charge < -0.3 is 14.8 Å². The maximum absolute atomic E-state index is 5.37. The molecule has 2 aromatic heterocycles. The van der Waals surface area contributed by atoms with E-state index in [4.69, 9.17) is 14.5 Å². The molecule has 1 saturated carbocycles. The van der Waals surface area contributed by atoms with Gasteiger partial charge in [0.2, 0.25) is 5.13 Å². The van der Waals surface area contributed by atoms with Gasteiger partial charge in [0, 0.05) is 22.7 Å². The van der Waals surface area contributed by atoms with E-state index in [1.165, 1.54) is 12.8 Å². The summed E-state index contributed by atoms with van der Waals surface area (Å²) >= 11 is 4.90. The van der Waals surface area contributed by atoms with Crippen LogP contribution in [-0.4, -0.2) is 35.4 Å². The van der Waals surface area contributed by atoms with Crippen LogP contribution in [0.1, 0.15) is 18.5 Å². The number of nitrogens with zero attached hydrogens (tertiary/aromatic N) is 3. The topological polar surface area (TPSA) is 69.2 Å². The van der Waals surface area contributed by atoms with Crippen LogP contribution in [0.25, 0.3) is 10.6 Å². The number of methoxy groups -OCH3 is 2. The third-order valence-electron chi connectivity index (χ3n) is 3.84. The van der Waals surface area contributed by atoms with Crippen LogP contribution in [0.5, 0.6) is 11.5 Å². The zero-order valence-electron chi connectivity index (χ0n) is 14.4. The minimum absolute atomic E-state index is 0.600. The fraction of sp³-hybridized carbons (Fsp3) is 0.353. The molecule has 2 heterocycles. The number of hydrogen-bond donors (Lipinski definition) is 1. The van der Waals surface area contributed by atoms with E-state index >= 15 is 0 Å². The largest absolute Gasteiger partial charge is 0.493 e. The highest BCUT2D eigenvalue weighted by atomic mass is 32.2. The molecule has 0 saturated heterocycles. The smallest absolute Gasteiger partial charge is 0.206 e. The lowest BCUT2D eigenvalue weighted by Crippen LogP contribution is -1.99. The van der Waals surface area contributed by atoms with Crippen LogP contribution in [0.3, 0.4) is 0 Å². The van der Waals surface area contributed by atoms with Gasteiger partial charge in [-0.05, 0) is 31.0 Å². The summed E-state index contributed by atoms with van der Waals surface area (Å²) in [4.78, 5) is 4.73. The molecule has 1 aliphatic carbocycles. The standard InChI is InChI=1S/C17H18N4O2S3/c1-22-13-6-3-10(7-14(13)23-2)15-18-12(8-24-15)9-25-17-21-20-16(26-17)19-11-4-5-11/h3,6-8,11H,4-5,9H2,1-2H3,(H,19,20). The van der Waals surface area contributed by atoms with E-state index in [-0.39, 0.29) is 0 Å². The SMILES string of the molecule is COc1ccc(-c2nc(CSc3nnc(NC4CC4)s3)cs2)cc1OC. The van der Waals surface area contributed by atoms with Crippen molar-refractivity contribution in [2.45, 2.75) is 29.0 Å². The first kappa shape index (κ1) is 17.6. The number of anilines is 1. The molecule has 0 unspecified atom stereocenters. The first-order valence-corrected chi connectivity index (χ1v) is 10.8. The molecule has 0 aliphatic heterocycles. The molecule has 1 fully saturated rings. The number of ether oxygens (including phenoxy) is 2. The number of thioether (sulfide) groups is 1. The highest BCUT2D eigenvalue weighted by Crippen LogP contribution is 2.35. The lowest BCUT2D eigenvalue weighted by molar-refractivity contribution is 0.355. The zero-order valence-corrected chi connectivity index (χ0v) is 16.8. The second-order valence-electron chi connectivity index (χ2n) is 5.79. The molecule has 0 radical (unpaired) electrons. The lowest BCUT2D eigenvalue weighted by atomic mass is 10.2. The molecular formula is C17H18N4O2S3. The van der Waals surface area contributed by atoms with Crippen molar-refractivity contribution < 1.29 is 9.47 Å². The summed E-state index contributed by atoms with van der Waals surface area (Å²) < 4.78 is 11.6. The van der Waals surface area contributed by atoms with Crippen LogP contribution in [0.4, 0.5) is 5.13 Å². The van der Waals surface area contributed by atoms with Gasteiger partial charge in [-0.2, -0.15) is 0 Å². The average Bonchev–Trinajstić information content (AvgIpc) is 3.17. The van der Waals surface area contributed by atoms with Gasteiger partial charge in [0.1, 0.15) is 5.01 Å². The van der Waals surface area contributed by atoms with Crippen molar-refractivity contribution in [2.24, 2.45) is 0 Å². The first-order chi connectivity index (χ1) is 12.7. The Balaban J connectivity index is 1.40. The third-order valence-corrected chi connectivity index (χ3v) is 6.80. The molecule has 4 rings (SSSR count). The Bertz CT molecular complexity index is 892. The Morgan fingerprint density at radius 3 is 2.81 bits per heavy atom. The van der Waals surface area contributed by atoms with E-state index in [1.807, 2.05) is 18.2 Å². The summed E-state index contributed by atoms with van der Waals surface area (Å²) in [5, 5.41) is 15.8. The third kappa shape index (κ3) is 4.11. The van der Waals surface area contributed by atoms with Crippen molar-refractivity contribution in [2.75, 3.05) is 19.5 Å². The second-order valence-corrected chi connectivity index (χ2v) is 8.85. The van der Waals surface area contributed by atoms with E-state index in [2.05, 4.69) is 20.9 Å². The number of thiazole rings is 1. The fourth-order valence-electron chi connectivity index (χ4n) is 2.34. The van der Waals surface area contributed by atoms with E-state index in [1.54, 1.807) is 48.7 Å². The minimum Gasteiger partial charge on any atom is -0.493 e. The Morgan fingerprint density at radius 1 is 1.19 bits per heavy atom. The van der Waals surface area contributed by atoms with Gasteiger partial charge in [-0.25, -0.2) is 4.98 Å². The Morgan fingerprint density at radius 2 is 2.04 bits per heavy atom. The van der Waals surface area contributed by atoms with Crippen molar-refractivity contribution in [1.82, 2.24) is 15.2 Å². The molecule has 0 spiro atoms. The number of aromatic nitrogens is 3. The van der Waals surface area contributed by atoms with Crippen LogP contribution in [-0.2, 0) is 5.75 Å². The molecule has 1 aromatic carbocycles. The monoisotopic (exact) mass is 406 g/mol. The van der Waals surface area contributed by atoms with E-state index in [0.29, 0.717) is 11.8 Å².